The van der Waals surface area contributed by atoms with Crippen molar-refractivity contribution in [3.05, 3.63) is 64.4 Å². The van der Waals surface area contributed by atoms with Crippen LogP contribution in [0.5, 0.6) is 5.75 Å². The lowest BCUT2D eigenvalue weighted by Gasteiger charge is -2.17. The normalized spacial score (nSPS) is 12.5. The van der Waals surface area contributed by atoms with Crippen molar-refractivity contribution in [1.82, 2.24) is 14.8 Å². The Labute approximate surface area is 198 Å². The maximum absolute atomic E-state index is 12.9. The first-order valence-electron chi connectivity index (χ1n) is 10.0. The monoisotopic (exact) mass is 498 g/mol. The van der Waals surface area contributed by atoms with Gasteiger partial charge in [0, 0.05) is 12.2 Å². The van der Waals surface area contributed by atoms with Gasteiger partial charge >= 0.3 is 6.18 Å². The van der Waals surface area contributed by atoms with Crippen LogP contribution in [0.4, 0.5) is 18.9 Å². The first kappa shape index (κ1) is 24.9. The minimum atomic E-state index is -4.48. The van der Waals surface area contributed by atoms with E-state index in [9.17, 15) is 18.0 Å². The van der Waals surface area contributed by atoms with Crippen LogP contribution in [0.3, 0.4) is 0 Å². The van der Waals surface area contributed by atoms with Gasteiger partial charge in [-0.2, -0.15) is 13.2 Å². The highest BCUT2D eigenvalue weighted by Gasteiger charge is 2.30. The SMILES string of the molecule is CCn1c(SCC(=O)Nc2cccc(C(F)(F)F)c2)nnc1C(C)Oc1cc(C)ccc1Cl. The van der Waals surface area contributed by atoms with Gasteiger partial charge < -0.3 is 14.6 Å². The number of anilines is 1. The number of amides is 1. The zero-order valence-corrected chi connectivity index (χ0v) is 19.7. The fraction of sp³-hybridized carbons (Fsp3) is 0.318. The molecule has 1 atom stereocenters. The summed E-state index contributed by atoms with van der Waals surface area (Å²) in [4.78, 5) is 12.3. The van der Waals surface area contributed by atoms with Crippen LogP contribution in [0, 0.1) is 6.92 Å². The van der Waals surface area contributed by atoms with Crippen molar-refractivity contribution >= 4 is 35.0 Å². The first-order chi connectivity index (χ1) is 15.6. The molecule has 2 aromatic carbocycles. The average Bonchev–Trinajstić information content (AvgIpc) is 3.17. The number of aromatic nitrogens is 3. The summed E-state index contributed by atoms with van der Waals surface area (Å²) in [5, 5.41) is 11.8. The highest BCUT2D eigenvalue weighted by atomic mass is 35.5. The number of thioether (sulfide) groups is 1. The second kappa shape index (κ2) is 10.5. The van der Waals surface area contributed by atoms with E-state index in [-0.39, 0.29) is 11.4 Å². The lowest BCUT2D eigenvalue weighted by Crippen LogP contribution is -2.16. The van der Waals surface area contributed by atoms with E-state index in [2.05, 4.69) is 15.5 Å². The van der Waals surface area contributed by atoms with E-state index in [1.54, 1.807) is 6.07 Å². The number of carbonyl (C=O) groups is 1. The minimum absolute atomic E-state index is 0.0483. The van der Waals surface area contributed by atoms with Crippen LogP contribution < -0.4 is 10.1 Å². The number of carbonyl (C=O) groups excluding carboxylic acids is 1. The summed E-state index contributed by atoms with van der Waals surface area (Å²) in [5.74, 6) is 0.593. The molecule has 1 amide bonds. The average molecular weight is 499 g/mol. The van der Waals surface area contributed by atoms with Gasteiger partial charge in [0.05, 0.1) is 16.3 Å². The number of ether oxygens (including phenoxy) is 1. The molecule has 6 nitrogen and oxygen atoms in total. The van der Waals surface area contributed by atoms with Crippen molar-refractivity contribution in [2.75, 3.05) is 11.1 Å². The maximum Gasteiger partial charge on any atom is 0.416 e. The molecule has 1 N–H and O–H groups in total. The second-order valence-electron chi connectivity index (χ2n) is 7.19. The third kappa shape index (κ3) is 6.42. The van der Waals surface area contributed by atoms with Gasteiger partial charge in [-0.15, -0.1) is 10.2 Å². The maximum atomic E-state index is 12.9. The molecular formula is C22H22ClF3N4O2S. The summed E-state index contributed by atoms with van der Waals surface area (Å²) in [6.07, 6.45) is -4.93. The van der Waals surface area contributed by atoms with Crippen LogP contribution in [0.2, 0.25) is 5.02 Å². The molecule has 0 bridgehead atoms. The Morgan fingerprint density at radius 2 is 2.00 bits per heavy atom. The van der Waals surface area contributed by atoms with E-state index in [1.807, 2.05) is 37.5 Å². The Hall–Kier alpha value is -2.72. The van der Waals surface area contributed by atoms with Gasteiger partial charge in [-0.05, 0) is 56.7 Å². The second-order valence-corrected chi connectivity index (χ2v) is 8.54. The van der Waals surface area contributed by atoms with Crippen molar-refractivity contribution in [2.24, 2.45) is 0 Å². The van der Waals surface area contributed by atoms with Crippen molar-refractivity contribution in [3.63, 3.8) is 0 Å². The fourth-order valence-electron chi connectivity index (χ4n) is 3.05. The predicted octanol–water partition coefficient (Wildman–Crippen LogP) is 6.15. The number of nitrogens with one attached hydrogen (secondary N) is 1. The van der Waals surface area contributed by atoms with Crippen molar-refractivity contribution < 1.29 is 22.7 Å². The van der Waals surface area contributed by atoms with Crippen LogP contribution in [-0.2, 0) is 17.5 Å². The zero-order valence-electron chi connectivity index (χ0n) is 18.1. The Balaban J connectivity index is 1.65. The highest BCUT2D eigenvalue weighted by molar-refractivity contribution is 7.99. The molecule has 1 unspecified atom stereocenters. The molecule has 11 heteroatoms. The molecule has 3 rings (SSSR count). The van der Waals surface area contributed by atoms with Gasteiger partial charge in [0.2, 0.25) is 5.91 Å². The number of hydrogen-bond donors (Lipinski definition) is 1. The molecule has 0 saturated carbocycles. The molecule has 0 fully saturated rings. The summed E-state index contributed by atoms with van der Waals surface area (Å²) in [7, 11) is 0. The van der Waals surface area contributed by atoms with E-state index in [0.29, 0.717) is 28.3 Å². The fourth-order valence-corrected chi connectivity index (χ4v) is 4.02. The Morgan fingerprint density at radius 3 is 2.70 bits per heavy atom. The van der Waals surface area contributed by atoms with Crippen LogP contribution in [0.1, 0.15) is 36.9 Å². The lowest BCUT2D eigenvalue weighted by atomic mass is 10.2. The Morgan fingerprint density at radius 1 is 1.24 bits per heavy atom. The molecule has 0 radical (unpaired) electrons. The van der Waals surface area contributed by atoms with Gasteiger partial charge in [0.1, 0.15) is 5.75 Å². The third-order valence-corrected chi connectivity index (χ3v) is 5.90. The van der Waals surface area contributed by atoms with E-state index in [1.165, 1.54) is 12.1 Å². The lowest BCUT2D eigenvalue weighted by molar-refractivity contribution is -0.137. The van der Waals surface area contributed by atoms with E-state index < -0.39 is 23.8 Å². The number of benzene rings is 2. The quantitative estimate of drug-likeness (QED) is 0.377. The summed E-state index contributed by atoms with van der Waals surface area (Å²) in [5.41, 5.74) is 0.248. The number of alkyl halides is 3. The van der Waals surface area contributed by atoms with Crippen LogP contribution in [0.25, 0.3) is 0 Å². The highest BCUT2D eigenvalue weighted by Crippen LogP contribution is 2.32. The van der Waals surface area contributed by atoms with Gasteiger partial charge in [0.25, 0.3) is 0 Å². The number of hydrogen-bond acceptors (Lipinski definition) is 5. The van der Waals surface area contributed by atoms with Gasteiger partial charge in [0.15, 0.2) is 17.1 Å². The van der Waals surface area contributed by atoms with Crippen molar-refractivity contribution in [3.8, 4) is 5.75 Å². The summed E-state index contributed by atoms with van der Waals surface area (Å²) >= 11 is 7.35. The van der Waals surface area contributed by atoms with E-state index in [4.69, 9.17) is 16.3 Å². The minimum Gasteiger partial charge on any atom is -0.481 e. The number of aryl methyl sites for hydroxylation is 1. The van der Waals surface area contributed by atoms with Crippen LogP contribution in [0.15, 0.2) is 47.6 Å². The largest absolute Gasteiger partial charge is 0.481 e. The smallest absolute Gasteiger partial charge is 0.416 e. The molecule has 0 aliphatic rings. The Kier molecular flexibility index (Phi) is 7.91. The molecule has 1 aromatic heterocycles. The van der Waals surface area contributed by atoms with E-state index in [0.717, 1.165) is 29.5 Å². The third-order valence-electron chi connectivity index (χ3n) is 4.62. The topological polar surface area (TPSA) is 69.0 Å². The summed E-state index contributed by atoms with van der Waals surface area (Å²) in [6, 6.07) is 9.96. The molecule has 33 heavy (non-hydrogen) atoms. The van der Waals surface area contributed by atoms with Crippen LogP contribution in [-0.4, -0.2) is 26.4 Å². The van der Waals surface area contributed by atoms with Gasteiger partial charge in [-0.3, -0.25) is 4.79 Å². The summed E-state index contributed by atoms with van der Waals surface area (Å²) in [6.45, 7) is 6.20. The van der Waals surface area contributed by atoms with E-state index >= 15 is 0 Å². The standard InChI is InChI=1S/C22H22ClF3N4O2S/c1-4-30-20(14(3)32-18-10-13(2)8-9-17(18)23)28-29-21(30)33-12-19(31)27-16-7-5-6-15(11-16)22(24,25)26/h5-11,14H,4,12H2,1-3H3,(H,27,31). The molecule has 176 valence electrons. The van der Waals surface area contributed by atoms with Crippen molar-refractivity contribution in [1.29, 1.82) is 0 Å². The van der Waals surface area contributed by atoms with Crippen molar-refractivity contribution in [2.45, 2.75) is 44.8 Å². The molecule has 0 saturated heterocycles. The molecular weight excluding hydrogens is 477 g/mol. The van der Waals surface area contributed by atoms with Gasteiger partial charge in [-0.1, -0.05) is 35.5 Å². The number of halogens is 4. The van der Waals surface area contributed by atoms with Gasteiger partial charge in [-0.25, -0.2) is 0 Å². The number of nitrogens with zero attached hydrogens (tertiary/aromatic N) is 3. The first-order valence-corrected chi connectivity index (χ1v) is 11.4. The zero-order chi connectivity index (χ0) is 24.2. The number of rotatable bonds is 8. The van der Waals surface area contributed by atoms with Crippen LogP contribution >= 0.6 is 23.4 Å². The molecule has 0 spiro atoms. The predicted molar refractivity (Wildman–Crippen MR) is 122 cm³/mol. The summed E-state index contributed by atoms with van der Waals surface area (Å²) < 4.78 is 46.3. The molecule has 0 aliphatic carbocycles. The molecule has 3 aromatic rings. The molecule has 1 heterocycles. The molecule has 0 aliphatic heterocycles. The Bertz CT molecular complexity index is 1140.